The summed E-state index contributed by atoms with van der Waals surface area (Å²) in [6.07, 6.45) is 0. The molecule has 0 amide bonds. The highest BCUT2D eigenvalue weighted by molar-refractivity contribution is 6.12. The number of aryl methyl sites for hydroxylation is 1. The van der Waals surface area contributed by atoms with Crippen LogP contribution >= 0.6 is 0 Å². The number of hydrogen-bond donors (Lipinski definition) is 0. The quantitative estimate of drug-likeness (QED) is 0.205. The second-order valence-electron chi connectivity index (χ2n) is 8.62. The molecule has 0 radical (unpaired) electrons. The second kappa shape index (κ2) is 9.90. The average Bonchev–Trinajstić information content (AvgIpc) is 3.23. The first-order valence-electron chi connectivity index (χ1n) is 11.9. The lowest BCUT2D eigenvalue weighted by atomic mass is 10.0. The van der Waals surface area contributed by atoms with Gasteiger partial charge in [0.2, 0.25) is 0 Å². The molecule has 0 N–H and O–H groups in total. The van der Waals surface area contributed by atoms with Gasteiger partial charge in [0.15, 0.2) is 5.84 Å². The number of rotatable bonds is 5. The van der Waals surface area contributed by atoms with Gasteiger partial charge >= 0.3 is 0 Å². The fourth-order valence-electron chi connectivity index (χ4n) is 4.39. The standard InChI is InChI=1S/C31H28N4/c1-22-27(17-12-20-29(22)35-24(3)34-28-18-10-11-19-30(28)35)31(32-21-25-13-6-4-7-14-25)33-23(2)26-15-8-5-9-16-26/h4-20H,21H2,1-3H3. The molecule has 1 heterocycles. The van der Waals surface area contributed by atoms with Crippen LogP contribution in [0.15, 0.2) is 113 Å². The molecule has 5 rings (SSSR count). The maximum absolute atomic E-state index is 5.04. The van der Waals surface area contributed by atoms with Crippen molar-refractivity contribution in [2.24, 2.45) is 9.98 Å². The van der Waals surface area contributed by atoms with E-state index in [1.54, 1.807) is 0 Å². The van der Waals surface area contributed by atoms with E-state index in [0.717, 1.165) is 56.3 Å². The highest BCUT2D eigenvalue weighted by Crippen LogP contribution is 2.26. The largest absolute Gasteiger partial charge is 0.296 e. The molecule has 0 aliphatic carbocycles. The van der Waals surface area contributed by atoms with Crippen molar-refractivity contribution in [3.8, 4) is 5.69 Å². The first kappa shape index (κ1) is 22.5. The van der Waals surface area contributed by atoms with Crippen LogP contribution in [0.5, 0.6) is 0 Å². The van der Waals surface area contributed by atoms with Gasteiger partial charge in [-0.1, -0.05) is 84.9 Å². The summed E-state index contributed by atoms with van der Waals surface area (Å²) in [6, 6.07) is 35.1. The Balaban J connectivity index is 1.64. The van der Waals surface area contributed by atoms with E-state index in [9.17, 15) is 0 Å². The SMILES string of the molecule is CC(=NC(=NCc1ccccc1)c1cccc(-n2c(C)nc3ccccc32)c1C)c1ccccc1. The minimum Gasteiger partial charge on any atom is -0.296 e. The Labute approximate surface area is 206 Å². The highest BCUT2D eigenvalue weighted by atomic mass is 15.1. The molecule has 0 saturated carbocycles. The Bertz CT molecular complexity index is 1530. The number of aromatic nitrogens is 2. The van der Waals surface area contributed by atoms with E-state index in [2.05, 4.69) is 72.2 Å². The van der Waals surface area contributed by atoms with Gasteiger partial charge in [0.05, 0.1) is 23.3 Å². The number of para-hydroxylation sites is 2. The topological polar surface area (TPSA) is 42.5 Å². The Morgan fingerprint density at radius 3 is 2.23 bits per heavy atom. The van der Waals surface area contributed by atoms with E-state index in [4.69, 9.17) is 15.0 Å². The van der Waals surface area contributed by atoms with Gasteiger partial charge in [-0.15, -0.1) is 0 Å². The third-order valence-corrected chi connectivity index (χ3v) is 6.23. The maximum atomic E-state index is 5.04. The zero-order valence-electron chi connectivity index (χ0n) is 20.3. The van der Waals surface area contributed by atoms with Crippen molar-refractivity contribution in [2.75, 3.05) is 0 Å². The summed E-state index contributed by atoms with van der Waals surface area (Å²) in [7, 11) is 0. The molecule has 0 aliphatic rings. The molecule has 4 nitrogen and oxygen atoms in total. The van der Waals surface area contributed by atoms with E-state index >= 15 is 0 Å². The molecule has 0 bridgehead atoms. The van der Waals surface area contributed by atoms with Gasteiger partial charge in [0, 0.05) is 11.3 Å². The van der Waals surface area contributed by atoms with E-state index in [-0.39, 0.29) is 0 Å². The smallest absolute Gasteiger partial charge is 0.155 e. The number of aliphatic imine (C=N–C) groups is 2. The fraction of sp³-hybridized carbons (Fsp3) is 0.129. The maximum Gasteiger partial charge on any atom is 0.155 e. The van der Waals surface area contributed by atoms with Crippen molar-refractivity contribution < 1.29 is 0 Å². The first-order chi connectivity index (χ1) is 17.1. The molecule has 0 aliphatic heterocycles. The zero-order valence-corrected chi connectivity index (χ0v) is 20.3. The van der Waals surface area contributed by atoms with E-state index in [1.807, 2.05) is 56.3 Å². The molecule has 172 valence electrons. The van der Waals surface area contributed by atoms with Crippen LogP contribution in [-0.4, -0.2) is 21.1 Å². The molecule has 35 heavy (non-hydrogen) atoms. The van der Waals surface area contributed by atoms with Gasteiger partial charge in [-0.25, -0.2) is 9.98 Å². The molecule has 0 saturated heterocycles. The number of hydrogen-bond acceptors (Lipinski definition) is 2. The van der Waals surface area contributed by atoms with Crippen LogP contribution < -0.4 is 0 Å². The Kier molecular flexibility index (Phi) is 6.36. The Morgan fingerprint density at radius 2 is 1.46 bits per heavy atom. The van der Waals surface area contributed by atoms with Gasteiger partial charge in [-0.05, 0) is 55.7 Å². The predicted molar refractivity (Wildman–Crippen MR) is 146 cm³/mol. The van der Waals surface area contributed by atoms with Crippen molar-refractivity contribution in [1.29, 1.82) is 0 Å². The van der Waals surface area contributed by atoms with Crippen molar-refractivity contribution in [3.63, 3.8) is 0 Å². The average molecular weight is 457 g/mol. The van der Waals surface area contributed by atoms with E-state index in [1.165, 1.54) is 0 Å². The second-order valence-corrected chi connectivity index (χ2v) is 8.62. The molecular weight excluding hydrogens is 428 g/mol. The third kappa shape index (κ3) is 4.69. The molecule has 0 unspecified atom stereocenters. The van der Waals surface area contributed by atoms with Crippen molar-refractivity contribution >= 4 is 22.6 Å². The van der Waals surface area contributed by atoms with Gasteiger partial charge in [0.25, 0.3) is 0 Å². The van der Waals surface area contributed by atoms with Gasteiger partial charge < -0.3 is 0 Å². The lowest BCUT2D eigenvalue weighted by Crippen LogP contribution is -2.09. The molecule has 5 aromatic rings. The minimum absolute atomic E-state index is 0.568. The van der Waals surface area contributed by atoms with Crippen LogP contribution in [0, 0.1) is 13.8 Å². The van der Waals surface area contributed by atoms with Crippen LogP contribution in [0.2, 0.25) is 0 Å². The summed E-state index contributed by atoms with van der Waals surface area (Å²) in [4.78, 5) is 14.8. The summed E-state index contributed by atoms with van der Waals surface area (Å²) in [5, 5.41) is 0. The molecule has 1 aromatic heterocycles. The van der Waals surface area contributed by atoms with E-state index < -0.39 is 0 Å². The number of imidazole rings is 1. The van der Waals surface area contributed by atoms with Gasteiger partial charge in [0.1, 0.15) is 5.82 Å². The van der Waals surface area contributed by atoms with Crippen LogP contribution in [0.4, 0.5) is 0 Å². The van der Waals surface area contributed by atoms with E-state index in [0.29, 0.717) is 6.54 Å². The Hall–Kier alpha value is -4.31. The summed E-state index contributed by atoms with van der Waals surface area (Å²) in [6.45, 7) is 6.80. The van der Waals surface area contributed by atoms with Gasteiger partial charge in [-0.2, -0.15) is 0 Å². The lowest BCUT2D eigenvalue weighted by Gasteiger charge is -2.15. The molecular formula is C31H28N4. The fourth-order valence-corrected chi connectivity index (χ4v) is 4.39. The summed E-state index contributed by atoms with van der Waals surface area (Å²) in [5.41, 5.74) is 8.50. The number of benzene rings is 4. The first-order valence-corrected chi connectivity index (χ1v) is 11.9. The summed E-state index contributed by atoms with van der Waals surface area (Å²) in [5.74, 6) is 1.69. The lowest BCUT2D eigenvalue weighted by molar-refractivity contribution is 0.988. The number of fused-ring (bicyclic) bond motifs is 1. The highest BCUT2D eigenvalue weighted by Gasteiger charge is 2.15. The normalized spacial score (nSPS) is 12.3. The van der Waals surface area contributed by atoms with Crippen molar-refractivity contribution in [1.82, 2.24) is 9.55 Å². The molecule has 0 fully saturated rings. The van der Waals surface area contributed by atoms with Gasteiger partial charge in [-0.3, -0.25) is 9.56 Å². The van der Waals surface area contributed by atoms with Crippen LogP contribution in [-0.2, 0) is 6.54 Å². The summed E-state index contributed by atoms with van der Waals surface area (Å²) < 4.78 is 2.22. The number of amidine groups is 1. The van der Waals surface area contributed by atoms with Crippen LogP contribution in [0.1, 0.15) is 35.0 Å². The molecule has 4 heteroatoms. The molecule has 0 spiro atoms. The molecule has 4 aromatic carbocycles. The minimum atomic E-state index is 0.568. The Morgan fingerprint density at radius 1 is 0.771 bits per heavy atom. The summed E-state index contributed by atoms with van der Waals surface area (Å²) >= 11 is 0. The van der Waals surface area contributed by atoms with Crippen LogP contribution in [0.3, 0.4) is 0 Å². The van der Waals surface area contributed by atoms with Crippen molar-refractivity contribution in [3.05, 3.63) is 131 Å². The zero-order chi connectivity index (χ0) is 24.2. The monoisotopic (exact) mass is 456 g/mol. The van der Waals surface area contributed by atoms with Crippen molar-refractivity contribution in [2.45, 2.75) is 27.3 Å². The van der Waals surface area contributed by atoms with Crippen LogP contribution in [0.25, 0.3) is 16.7 Å². The number of nitrogens with zero attached hydrogens (tertiary/aromatic N) is 4. The molecule has 0 atom stereocenters. The predicted octanol–water partition coefficient (Wildman–Crippen LogP) is 7.10. The third-order valence-electron chi connectivity index (χ3n) is 6.23.